The van der Waals surface area contributed by atoms with E-state index in [0.29, 0.717) is 0 Å². The van der Waals surface area contributed by atoms with E-state index in [1.807, 2.05) is 0 Å². The van der Waals surface area contributed by atoms with Gasteiger partial charge >= 0.3 is 13.6 Å². The van der Waals surface area contributed by atoms with E-state index in [-0.39, 0.29) is 12.8 Å². The van der Waals surface area contributed by atoms with Crippen molar-refractivity contribution in [1.82, 2.24) is 5.32 Å². The molecule has 0 saturated carbocycles. The van der Waals surface area contributed by atoms with E-state index in [2.05, 4.69) is 10.1 Å². The Morgan fingerprint density at radius 3 is 1.90 bits per heavy atom. The van der Waals surface area contributed by atoms with Gasteiger partial charge in [-0.3, -0.25) is 14.2 Å². The lowest BCUT2D eigenvalue weighted by molar-refractivity contribution is -0.142. The predicted molar refractivity (Wildman–Crippen MR) is 73.8 cm³/mol. The smallest absolute Gasteiger partial charge is 0.351 e. The number of esters is 1. The maximum atomic E-state index is 11.9. The number of methoxy groups -OCH3 is 1. The van der Waals surface area contributed by atoms with Gasteiger partial charge in [-0.25, -0.2) is 0 Å². The third kappa shape index (κ3) is 4.30. The quantitative estimate of drug-likeness (QED) is 0.482. The molecule has 3 N–H and O–H groups in total. The molecule has 0 heterocycles. The summed E-state index contributed by atoms with van der Waals surface area (Å²) in [5, 5.41) is 0.800. The van der Waals surface area contributed by atoms with Gasteiger partial charge in [0, 0.05) is 6.42 Å². The van der Waals surface area contributed by atoms with Crippen LogP contribution in [-0.4, -0.2) is 34.1 Å². The molecule has 8 heteroatoms. The molecule has 0 aromatic rings. The molecular weight excluding hydrogens is 285 g/mol. The highest BCUT2D eigenvalue weighted by Gasteiger charge is 2.52. The van der Waals surface area contributed by atoms with Crippen LogP contribution in [0.3, 0.4) is 0 Å². The zero-order valence-corrected chi connectivity index (χ0v) is 13.4. The second-order valence-electron chi connectivity index (χ2n) is 5.30. The van der Waals surface area contributed by atoms with Crippen molar-refractivity contribution in [1.29, 1.82) is 0 Å². The molecule has 0 aromatic heterocycles. The number of ether oxygens (including phenoxy) is 1. The van der Waals surface area contributed by atoms with Crippen LogP contribution in [0.4, 0.5) is 0 Å². The highest BCUT2D eigenvalue weighted by Crippen LogP contribution is 2.56. The van der Waals surface area contributed by atoms with Gasteiger partial charge in [0.1, 0.15) is 5.28 Å². The lowest BCUT2D eigenvalue weighted by atomic mass is 9.92. The third-order valence-electron chi connectivity index (χ3n) is 3.37. The summed E-state index contributed by atoms with van der Waals surface area (Å²) in [7, 11) is -3.36. The minimum atomic E-state index is -4.58. The summed E-state index contributed by atoms with van der Waals surface area (Å²) in [4.78, 5) is 42.2. The molecule has 0 radical (unpaired) electrons. The normalized spacial score (nSPS) is 12.7. The van der Waals surface area contributed by atoms with Crippen LogP contribution in [0.25, 0.3) is 0 Å². The molecule has 0 aliphatic rings. The van der Waals surface area contributed by atoms with E-state index in [1.54, 1.807) is 27.7 Å². The lowest BCUT2D eigenvalue weighted by Crippen LogP contribution is -2.55. The Labute approximate surface area is 119 Å². The van der Waals surface area contributed by atoms with Gasteiger partial charge in [-0.05, 0) is 11.8 Å². The number of nitrogens with one attached hydrogen (secondary N) is 1. The molecular formula is C12H24NO6P. The van der Waals surface area contributed by atoms with E-state index >= 15 is 0 Å². The van der Waals surface area contributed by atoms with Gasteiger partial charge in [0.15, 0.2) is 0 Å². The summed E-state index contributed by atoms with van der Waals surface area (Å²) >= 11 is 0. The van der Waals surface area contributed by atoms with Gasteiger partial charge in [-0.1, -0.05) is 27.7 Å². The molecule has 0 bridgehead atoms. The van der Waals surface area contributed by atoms with Crippen LogP contribution in [0.5, 0.6) is 0 Å². The Kier molecular flexibility index (Phi) is 6.87. The number of rotatable bonds is 7. The van der Waals surface area contributed by atoms with E-state index in [9.17, 15) is 23.9 Å². The van der Waals surface area contributed by atoms with Crippen molar-refractivity contribution < 1.29 is 28.7 Å². The summed E-state index contributed by atoms with van der Waals surface area (Å²) < 4.78 is 16.3. The molecule has 0 spiro atoms. The van der Waals surface area contributed by atoms with Crippen LogP contribution in [0.15, 0.2) is 0 Å². The zero-order chi connectivity index (χ0) is 16.1. The standard InChI is InChI=1S/C12H24NO6P/c1-8(2)12(9(3)4,20(16,17)18)13-10(14)6-7-11(15)19-5/h8-9H,6-7H2,1-5H3,(H,13,14)(H2,16,17,18). The SMILES string of the molecule is COC(=O)CCC(=O)NC(C(C)C)(C(C)C)P(=O)(O)O. The first-order chi connectivity index (χ1) is 8.99. The van der Waals surface area contributed by atoms with Crippen LogP contribution in [0.2, 0.25) is 0 Å². The fourth-order valence-electron chi connectivity index (χ4n) is 2.30. The van der Waals surface area contributed by atoms with Crippen molar-refractivity contribution in [2.75, 3.05) is 7.11 Å². The molecule has 1 amide bonds. The van der Waals surface area contributed by atoms with Crippen molar-refractivity contribution >= 4 is 19.5 Å². The van der Waals surface area contributed by atoms with E-state index in [0.717, 1.165) is 0 Å². The number of hydrogen-bond acceptors (Lipinski definition) is 4. The van der Waals surface area contributed by atoms with Crippen LogP contribution in [0, 0.1) is 11.8 Å². The monoisotopic (exact) mass is 309 g/mol. The Hall–Kier alpha value is -0.910. The van der Waals surface area contributed by atoms with Gasteiger partial charge in [-0.15, -0.1) is 0 Å². The first-order valence-electron chi connectivity index (χ1n) is 6.42. The minimum absolute atomic E-state index is 0.129. The van der Waals surface area contributed by atoms with Gasteiger partial charge in [0.25, 0.3) is 0 Å². The van der Waals surface area contributed by atoms with Crippen LogP contribution < -0.4 is 5.32 Å². The number of hydrogen-bond donors (Lipinski definition) is 3. The summed E-state index contributed by atoms with van der Waals surface area (Å²) in [6.45, 7) is 6.55. The summed E-state index contributed by atoms with van der Waals surface area (Å²) in [6.07, 6.45) is -0.302. The zero-order valence-electron chi connectivity index (χ0n) is 12.5. The molecule has 0 aromatic carbocycles. The summed E-state index contributed by atoms with van der Waals surface area (Å²) in [5.74, 6) is -2.06. The molecule has 7 nitrogen and oxygen atoms in total. The van der Waals surface area contributed by atoms with Crippen molar-refractivity contribution in [3.63, 3.8) is 0 Å². The van der Waals surface area contributed by atoms with Gasteiger partial charge < -0.3 is 19.8 Å². The summed E-state index contributed by atoms with van der Waals surface area (Å²) in [6, 6.07) is 0. The third-order valence-corrected chi connectivity index (χ3v) is 5.47. The predicted octanol–water partition coefficient (Wildman–Crippen LogP) is 1.24. The molecule has 0 unspecified atom stereocenters. The number of carbonyl (C=O) groups excluding carboxylic acids is 2. The molecule has 0 fully saturated rings. The van der Waals surface area contributed by atoms with Gasteiger partial charge in [0.05, 0.1) is 13.5 Å². The van der Waals surface area contributed by atoms with Crippen LogP contribution >= 0.6 is 7.60 Å². The van der Waals surface area contributed by atoms with E-state index in [1.165, 1.54) is 7.11 Å². The maximum Gasteiger partial charge on any atom is 0.351 e. The first-order valence-corrected chi connectivity index (χ1v) is 8.03. The molecule has 0 atom stereocenters. The average Bonchev–Trinajstić information content (AvgIpc) is 2.30. The Balaban J connectivity index is 5.15. The second kappa shape index (κ2) is 7.20. The Morgan fingerprint density at radius 1 is 1.15 bits per heavy atom. The molecule has 0 aliphatic carbocycles. The van der Waals surface area contributed by atoms with Crippen molar-refractivity contribution in [2.45, 2.75) is 45.8 Å². The molecule has 20 heavy (non-hydrogen) atoms. The Bertz CT molecular complexity index is 393. The van der Waals surface area contributed by atoms with E-state index in [4.69, 9.17) is 0 Å². The van der Waals surface area contributed by atoms with Crippen molar-refractivity contribution in [3.8, 4) is 0 Å². The second-order valence-corrected chi connectivity index (χ2v) is 7.13. The maximum absolute atomic E-state index is 11.9. The summed E-state index contributed by atoms with van der Waals surface area (Å²) in [5.41, 5.74) is 0. The van der Waals surface area contributed by atoms with Gasteiger partial charge in [0.2, 0.25) is 5.91 Å². The fraction of sp³-hybridized carbons (Fsp3) is 0.833. The van der Waals surface area contributed by atoms with E-state index < -0.39 is 36.6 Å². The fourth-order valence-corrected chi connectivity index (χ4v) is 3.92. The van der Waals surface area contributed by atoms with Crippen molar-refractivity contribution in [2.24, 2.45) is 11.8 Å². The lowest BCUT2D eigenvalue weighted by Gasteiger charge is -2.42. The largest absolute Gasteiger partial charge is 0.469 e. The highest BCUT2D eigenvalue weighted by atomic mass is 31.2. The highest BCUT2D eigenvalue weighted by molar-refractivity contribution is 7.53. The molecule has 0 saturated heterocycles. The topological polar surface area (TPSA) is 113 Å². The first kappa shape index (κ1) is 19.1. The van der Waals surface area contributed by atoms with Crippen LogP contribution in [0.1, 0.15) is 40.5 Å². The average molecular weight is 309 g/mol. The molecule has 0 aliphatic heterocycles. The Morgan fingerprint density at radius 2 is 1.60 bits per heavy atom. The van der Waals surface area contributed by atoms with Crippen LogP contribution in [-0.2, 0) is 18.9 Å². The number of carbonyl (C=O) groups is 2. The number of amides is 1. The van der Waals surface area contributed by atoms with Gasteiger partial charge in [-0.2, -0.15) is 0 Å². The molecule has 0 rings (SSSR count). The van der Waals surface area contributed by atoms with Crippen molar-refractivity contribution in [3.05, 3.63) is 0 Å². The molecule has 118 valence electrons. The minimum Gasteiger partial charge on any atom is -0.469 e.